The number of ether oxygens (including phenoxy) is 1. The molecule has 0 radical (unpaired) electrons. The van der Waals surface area contributed by atoms with Crippen molar-refractivity contribution in [2.45, 2.75) is 58.2 Å². The maximum atomic E-state index is 11.0. The van der Waals surface area contributed by atoms with Gasteiger partial charge in [0.2, 0.25) is 0 Å². The van der Waals surface area contributed by atoms with Gasteiger partial charge in [-0.1, -0.05) is 32.5 Å². The topological polar surface area (TPSA) is 92.8 Å². The van der Waals surface area contributed by atoms with Gasteiger partial charge in [-0.3, -0.25) is 4.79 Å². The molecular weight excluding hydrogens is 254 g/mol. The van der Waals surface area contributed by atoms with Gasteiger partial charge in [-0.15, -0.1) is 0 Å². The molecule has 0 aromatic heterocycles. The minimum atomic E-state index is -0.953. The van der Waals surface area contributed by atoms with Gasteiger partial charge in [-0.05, 0) is 5.41 Å². The molecule has 2 unspecified atom stereocenters. The second-order valence-electron chi connectivity index (χ2n) is 5.82. The molecule has 1 aliphatic heterocycles. The van der Waals surface area contributed by atoms with Crippen LogP contribution in [0.15, 0.2) is 0 Å². The van der Waals surface area contributed by atoms with Crippen molar-refractivity contribution in [3.63, 3.8) is 0 Å². The van der Waals surface area contributed by atoms with Gasteiger partial charge >= 0.3 is 0 Å². The minimum absolute atomic E-state index is 0.0298. The molecular formula is C12H23NO4S. The van der Waals surface area contributed by atoms with Gasteiger partial charge < -0.3 is 20.7 Å². The van der Waals surface area contributed by atoms with Crippen molar-refractivity contribution < 1.29 is 19.7 Å². The zero-order chi connectivity index (χ0) is 14.1. The molecule has 1 rings (SSSR count). The van der Waals surface area contributed by atoms with E-state index < -0.39 is 30.5 Å². The zero-order valence-electron chi connectivity index (χ0n) is 11.3. The van der Waals surface area contributed by atoms with Crippen LogP contribution in [0.5, 0.6) is 0 Å². The van der Waals surface area contributed by atoms with Gasteiger partial charge in [0.05, 0.1) is 30.5 Å². The molecule has 6 heteroatoms. The molecule has 1 fully saturated rings. The molecule has 5 atom stereocenters. The van der Waals surface area contributed by atoms with Crippen LogP contribution in [0.4, 0.5) is 0 Å². The lowest BCUT2D eigenvalue weighted by Crippen LogP contribution is -2.64. The lowest BCUT2D eigenvalue weighted by Gasteiger charge is -2.46. The van der Waals surface area contributed by atoms with Gasteiger partial charge in [0.25, 0.3) is 0 Å². The second kappa shape index (κ2) is 5.88. The summed E-state index contributed by atoms with van der Waals surface area (Å²) in [6, 6.07) is -0.750. The number of rotatable bonds is 2. The maximum Gasteiger partial charge on any atom is 0.185 e. The Morgan fingerprint density at radius 2 is 1.89 bits per heavy atom. The molecule has 0 aromatic rings. The number of nitrogens with two attached hydrogens (primary N) is 1. The van der Waals surface area contributed by atoms with Gasteiger partial charge in [0, 0.05) is 12.7 Å². The molecule has 18 heavy (non-hydrogen) atoms. The van der Waals surface area contributed by atoms with E-state index in [9.17, 15) is 15.0 Å². The van der Waals surface area contributed by atoms with Crippen LogP contribution in [-0.2, 0) is 9.53 Å². The van der Waals surface area contributed by atoms with Crippen molar-refractivity contribution in [3.8, 4) is 0 Å². The van der Waals surface area contributed by atoms with Crippen LogP contribution in [0.1, 0.15) is 27.7 Å². The summed E-state index contributed by atoms with van der Waals surface area (Å²) in [5.74, 6) is 0.351. The van der Waals surface area contributed by atoms with E-state index in [1.54, 1.807) is 0 Å². The SMILES string of the molecule is CC(=O)SCC1O[C@@H](C(C)(C)C)C(O)[C@@H](N)[C@H]1O. The van der Waals surface area contributed by atoms with E-state index in [1.807, 2.05) is 20.8 Å². The standard InChI is InChI=1S/C12H23NO4S/c1-6(14)18-5-7-9(15)8(13)10(16)11(17-7)12(2,3)4/h7-11,15-16H,5,13H2,1-4H3/t7?,8-,9-,10?,11+/m0/s1. The van der Waals surface area contributed by atoms with Gasteiger partial charge in [-0.25, -0.2) is 0 Å². The Hall–Kier alpha value is -0.140. The van der Waals surface area contributed by atoms with E-state index >= 15 is 0 Å². The molecule has 1 heterocycles. The number of carbonyl (C=O) groups is 1. The lowest BCUT2D eigenvalue weighted by molar-refractivity contribution is -0.200. The molecule has 4 N–H and O–H groups in total. The summed E-state index contributed by atoms with van der Waals surface area (Å²) in [4.78, 5) is 11.0. The zero-order valence-corrected chi connectivity index (χ0v) is 12.1. The fourth-order valence-corrected chi connectivity index (χ4v) is 2.73. The second-order valence-corrected chi connectivity index (χ2v) is 7.02. The van der Waals surface area contributed by atoms with E-state index in [0.717, 1.165) is 11.8 Å². The molecule has 0 saturated carbocycles. The molecule has 0 aromatic carbocycles. The molecule has 1 saturated heterocycles. The van der Waals surface area contributed by atoms with E-state index in [1.165, 1.54) is 6.92 Å². The van der Waals surface area contributed by atoms with Crippen molar-refractivity contribution in [3.05, 3.63) is 0 Å². The smallest absolute Gasteiger partial charge is 0.185 e. The first kappa shape index (κ1) is 15.9. The molecule has 0 amide bonds. The Morgan fingerprint density at radius 1 is 1.33 bits per heavy atom. The fraction of sp³-hybridized carbons (Fsp3) is 0.917. The molecule has 106 valence electrons. The third-order valence-electron chi connectivity index (χ3n) is 3.11. The predicted molar refractivity (Wildman–Crippen MR) is 71.2 cm³/mol. The van der Waals surface area contributed by atoms with Gasteiger partial charge in [0.15, 0.2) is 5.12 Å². The molecule has 0 aliphatic carbocycles. The van der Waals surface area contributed by atoms with Crippen molar-refractivity contribution in [1.29, 1.82) is 0 Å². The highest BCUT2D eigenvalue weighted by molar-refractivity contribution is 8.13. The molecule has 0 spiro atoms. The summed E-state index contributed by atoms with van der Waals surface area (Å²) in [5.41, 5.74) is 5.55. The van der Waals surface area contributed by atoms with E-state index in [0.29, 0.717) is 5.75 Å². The average Bonchev–Trinajstić information content (AvgIpc) is 2.23. The van der Waals surface area contributed by atoms with Crippen LogP contribution in [-0.4, -0.2) is 51.5 Å². The number of carbonyl (C=O) groups excluding carboxylic acids is 1. The first-order chi connectivity index (χ1) is 8.14. The summed E-state index contributed by atoms with van der Waals surface area (Å²) in [6.45, 7) is 7.30. The summed E-state index contributed by atoms with van der Waals surface area (Å²) in [6.07, 6.45) is -2.83. The summed E-state index contributed by atoms with van der Waals surface area (Å²) in [7, 11) is 0. The van der Waals surface area contributed by atoms with E-state index in [-0.39, 0.29) is 10.5 Å². The molecule has 0 bridgehead atoms. The Kier molecular flexibility index (Phi) is 5.20. The van der Waals surface area contributed by atoms with Crippen molar-refractivity contribution in [1.82, 2.24) is 0 Å². The maximum absolute atomic E-state index is 11.0. The fourth-order valence-electron chi connectivity index (χ4n) is 2.05. The van der Waals surface area contributed by atoms with Crippen LogP contribution < -0.4 is 5.73 Å². The van der Waals surface area contributed by atoms with Crippen LogP contribution in [0.25, 0.3) is 0 Å². The highest BCUT2D eigenvalue weighted by atomic mass is 32.2. The predicted octanol–water partition coefficient (Wildman–Crippen LogP) is 0.129. The van der Waals surface area contributed by atoms with Crippen molar-refractivity contribution in [2.24, 2.45) is 11.1 Å². The number of thioether (sulfide) groups is 1. The third kappa shape index (κ3) is 3.68. The van der Waals surface area contributed by atoms with Crippen molar-refractivity contribution >= 4 is 16.9 Å². The van der Waals surface area contributed by atoms with Crippen LogP contribution in [0, 0.1) is 5.41 Å². The quantitative estimate of drug-likeness (QED) is 0.664. The number of hydrogen-bond acceptors (Lipinski definition) is 6. The summed E-state index contributed by atoms with van der Waals surface area (Å²) in [5, 5.41) is 20.0. The lowest BCUT2D eigenvalue weighted by atomic mass is 9.79. The first-order valence-corrected chi connectivity index (χ1v) is 7.03. The summed E-state index contributed by atoms with van der Waals surface area (Å²) >= 11 is 1.10. The third-order valence-corrected chi connectivity index (χ3v) is 4.01. The average molecular weight is 277 g/mol. The normalized spacial score (nSPS) is 37.6. The van der Waals surface area contributed by atoms with Crippen LogP contribution >= 0.6 is 11.8 Å². The monoisotopic (exact) mass is 277 g/mol. The Labute approximate surface area is 112 Å². The van der Waals surface area contributed by atoms with Crippen molar-refractivity contribution in [2.75, 3.05) is 5.75 Å². The highest BCUT2D eigenvalue weighted by Crippen LogP contribution is 2.33. The first-order valence-electron chi connectivity index (χ1n) is 6.05. The molecule has 1 aliphatic rings. The Bertz CT molecular complexity index is 305. The Balaban J connectivity index is 2.77. The number of aliphatic hydroxyl groups is 2. The largest absolute Gasteiger partial charge is 0.389 e. The van der Waals surface area contributed by atoms with E-state index in [4.69, 9.17) is 10.5 Å². The van der Waals surface area contributed by atoms with E-state index in [2.05, 4.69) is 0 Å². The van der Waals surface area contributed by atoms with Crippen LogP contribution in [0.3, 0.4) is 0 Å². The number of hydrogen-bond donors (Lipinski definition) is 3. The van der Waals surface area contributed by atoms with Gasteiger partial charge in [-0.2, -0.15) is 0 Å². The minimum Gasteiger partial charge on any atom is -0.389 e. The number of aliphatic hydroxyl groups excluding tert-OH is 2. The highest BCUT2D eigenvalue weighted by Gasteiger charge is 2.46. The summed E-state index contributed by atoms with van der Waals surface area (Å²) < 4.78 is 5.74. The van der Waals surface area contributed by atoms with Gasteiger partial charge in [0.1, 0.15) is 0 Å². The Morgan fingerprint density at radius 3 is 2.33 bits per heavy atom. The molecule has 5 nitrogen and oxygen atoms in total. The van der Waals surface area contributed by atoms with Crippen LogP contribution in [0.2, 0.25) is 0 Å².